The standard InChI is InChI=1S/C10H11NO2.ClH/c11-9-5-7(10(12)13)3-4-8(9)6-1-2-6;/h3-6H,1-2,11H2,(H,12,13);1H. The summed E-state index contributed by atoms with van der Waals surface area (Å²) in [5.74, 6) is -0.350. The molecule has 1 saturated carbocycles. The van der Waals surface area contributed by atoms with Gasteiger partial charge in [-0.25, -0.2) is 4.79 Å². The fourth-order valence-corrected chi connectivity index (χ4v) is 1.47. The lowest BCUT2D eigenvalue weighted by molar-refractivity contribution is 0.0697. The first-order valence-corrected chi connectivity index (χ1v) is 4.31. The zero-order valence-corrected chi connectivity index (χ0v) is 8.38. The highest BCUT2D eigenvalue weighted by molar-refractivity contribution is 5.89. The molecular formula is C10H12ClNO2. The summed E-state index contributed by atoms with van der Waals surface area (Å²) in [7, 11) is 0. The summed E-state index contributed by atoms with van der Waals surface area (Å²) in [4.78, 5) is 10.6. The van der Waals surface area contributed by atoms with Gasteiger partial charge in [0.2, 0.25) is 0 Å². The lowest BCUT2D eigenvalue weighted by Crippen LogP contribution is -2.00. The Hall–Kier alpha value is -1.22. The molecule has 0 saturated heterocycles. The minimum absolute atomic E-state index is 0. The Kier molecular flexibility index (Phi) is 3.01. The van der Waals surface area contributed by atoms with Gasteiger partial charge >= 0.3 is 5.97 Å². The minimum Gasteiger partial charge on any atom is -0.478 e. The van der Waals surface area contributed by atoms with Crippen molar-refractivity contribution in [2.45, 2.75) is 18.8 Å². The lowest BCUT2D eigenvalue weighted by Gasteiger charge is -2.04. The Morgan fingerprint density at radius 3 is 2.50 bits per heavy atom. The molecule has 0 amide bonds. The van der Waals surface area contributed by atoms with E-state index in [2.05, 4.69) is 0 Å². The molecule has 4 heteroatoms. The Balaban J connectivity index is 0.000000980. The zero-order chi connectivity index (χ0) is 9.42. The average molecular weight is 214 g/mol. The summed E-state index contributed by atoms with van der Waals surface area (Å²) in [6.45, 7) is 0. The second-order valence-electron chi connectivity index (χ2n) is 3.42. The summed E-state index contributed by atoms with van der Waals surface area (Å²) in [5.41, 5.74) is 7.72. The van der Waals surface area contributed by atoms with Gasteiger partial charge in [0.1, 0.15) is 0 Å². The van der Waals surface area contributed by atoms with Crippen molar-refractivity contribution in [1.29, 1.82) is 0 Å². The van der Waals surface area contributed by atoms with Crippen LogP contribution in [0.4, 0.5) is 5.69 Å². The largest absolute Gasteiger partial charge is 0.478 e. The van der Waals surface area contributed by atoms with Crippen molar-refractivity contribution in [2.75, 3.05) is 5.73 Å². The second kappa shape index (κ2) is 3.88. The molecule has 1 aliphatic rings. The summed E-state index contributed by atoms with van der Waals surface area (Å²) in [6, 6.07) is 4.98. The van der Waals surface area contributed by atoms with Crippen LogP contribution >= 0.6 is 12.4 Å². The molecule has 1 aromatic carbocycles. The normalized spacial score (nSPS) is 14.6. The van der Waals surface area contributed by atoms with Crippen molar-refractivity contribution in [3.05, 3.63) is 29.3 Å². The molecule has 0 spiro atoms. The van der Waals surface area contributed by atoms with Crippen molar-refractivity contribution in [3.8, 4) is 0 Å². The molecule has 0 unspecified atom stereocenters. The van der Waals surface area contributed by atoms with Gasteiger partial charge in [0.15, 0.2) is 0 Å². The molecule has 2 rings (SSSR count). The Labute approximate surface area is 88.3 Å². The van der Waals surface area contributed by atoms with E-state index < -0.39 is 5.97 Å². The van der Waals surface area contributed by atoms with Crippen LogP contribution in [0.2, 0.25) is 0 Å². The van der Waals surface area contributed by atoms with Gasteiger partial charge in [-0.3, -0.25) is 0 Å². The van der Waals surface area contributed by atoms with Crippen molar-refractivity contribution in [1.82, 2.24) is 0 Å². The first kappa shape index (κ1) is 10.9. The number of nitrogen functional groups attached to an aromatic ring is 1. The van der Waals surface area contributed by atoms with Crippen LogP contribution in [0.3, 0.4) is 0 Å². The number of aromatic carboxylic acids is 1. The van der Waals surface area contributed by atoms with E-state index in [0.717, 1.165) is 5.56 Å². The average Bonchev–Trinajstić information content (AvgIpc) is 2.87. The van der Waals surface area contributed by atoms with Crippen LogP contribution in [0.5, 0.6) is 0 Å². The molecule has 76 valence electrons. The number of carbonyl (C=O) groups is 1. The number of nitrogens with two attached hydrogens (primary N) is 1. The smallest absolute Gasteiger partial charge is 0.335 e. The van der Waals surface area contributed by atoms with Crippen molar-refractivity contribution in [3.63, 3.8) is 0 Å². The number of hydrogen-bond donors (Lipinski definition) is 2. The third kappa shape index (κ3) is 1.99. The molecule has 1 fully saturated rings. The Bertz CT molecular complexity index is 361. The molecule has 0 radical (unpaired) electrons. The molecule has 0 aliphatic heterocycles. The number of halogens is 1. The molecule has 0 bridgehead atoms. The molecule has 0 heterocycles. The van der Waals surface area contributed by atoms with Gasteiger partial charge in [-0.2, -0.15) is 0 Å². The highest BCUT2D eigenvalue weighted by atomic mass is 35.5. The van der Waals surface area contributed by atoms with E-state index in [1.807, 2.05) is 6.07 Å². The first-order chi connectivity index (χ1) is 6.18. The number of rotatable bonds is 2. The summed E-state index contributed by atoms with van der Waals surface area (Å²) < 4.78 is 0. The molecule has 3 nitrogen and oxygen atoms in total. The molecule has 3 N–H and O–H groups in total. The fraction of sp³-hybridized carbons (Fsp3) is 0.300. The first-order valence-electron chi connectivity index (χ1n) is 4.31. The quantitative estimate of drug-likeness (QED) is 0.741. The van der Waals surface area contributed by atoms with E-state index in [1.165, 1.54) is 18.9 Å². The number of benzene rings is 1. The van der Waals surface area contributed by atoms with Gasteiger partial charge in [-0.15, -0.1) is 12.4 Å². The van der Waals surface area contributed by atoms with Crippen molar-refractivity contribution < 1.29 is 9.90 Å². The third-order valence-electron chi connectivity index (χ3n) is 2.35. The van der Waals surface area contributed by atoms with Crippen molar-refractivity contribution in [2.24, 2.45) is 0 Å². The van der Waals surface area contributed by atoms with Gasteiger partial charge in [-0.05, 0) is 36.5 Å². The van der Waals surface area contributed by atoms with E-state index in [1.54, 1.807) is 6.07 Å². The maximum Gasteiger partial charge on any atom is 0.335 e. The zero-order valence-electron chi connectivity index (χ0n) is 7.56. The SMILES string of the molecule is Cl.Nc1cc(C(=O)O)ccc1C1CC1. The van der Waals surface area contributed by atoms with Crippen LogP contribution in [-0.4, -0.2) is 11.1 Å². The van der Waals surface area contributed by atoms with Crippen LogP contribution < -0.4 is 5.73 Å². The number of carboxylic acid groups (broad SMARTS) is 1. The van der Waals surface area contributed by atoms with Gasteiger partial charge in [0.25, 0.3) is 0 Å². The van der Waals surface area contributed by atoms with Gasteiger partial charge < -0.3 is 10.8 Å². The lowest BCUT2D eigenvalue weighted by atomic mass is 10.1. The molecule has 0 atom stereocenters. The van der Waals surface area contributed by atoms with Crippen LogP contribution in [0.1, 0.15) is 34.7 Å². The molecule has 0 aromatic heterocycles. The summed E-state index contributed by atoms with van der Waals surface area (Å²) >= 11 is 0. The van der Waals surface area contributed by atoms with Gasteiger partial charge in [0.05, 0.1) is 5.56 Å². The third-order valence-corrected chi connectivity index (χ3v) is 2.35. The van der Waals surface area contributed by atoms with E-state index >= 15 is 0 Å². The maximum absolute atomic E-state index is 10.6. The Morgan fingerprint density at radius 2 is 2.07 bits per heavy atom. The van der Waals surface area contributed by atoms with E-state index in [4.69, 9.17) is 10.8 Å². The van der Waals surface area contributed by atoms with Gasteiger partial charge in [-0.1, -0.05) is 6.07 Å². The number of carboxylic acids is 1. The summed E-state index contributed by atoms with van der Waals surface area (Å²) in [5, 5.41) is 8.70. The van der Waals surface area contributed by atoms with E-state index in [9.17, 15) is 4.79 Å². The molecule has 1 aromatic rings. The second-order valence-corrected chi connectivity index (χ2v) is 3.42. The van der Waals surface area contributed by atoms with E-state index in [0.29, 0.717) is 11.6 Å². The van der Waals surface area contributed by atoms with Crippen LogP contribution in [0.15, 0.2) is 18.2 Å². The predicted octanol–water partition coefficient (Wildman–Crippen LogP) is 2.27. The fourth-order valence-electron chi connectivity index (χ4n) is 1.47. The van der Waals surface area contributed by atoms with E-state index in [-0.39, 0.29) is 18.0 Å². The van der Waals surface area contributed by atoms with Crippen molar-refractivity contribution >= 4 is 24.1 Å². The number of anilines is 1. The highest BCUT2D eigenvalue weighted by Gasteiger charge is 2.25. The predicted molar refractivity (Wildman–Crippen MR) is 57.0 cm³/mol. The molecule has 1 aliphatic carbocycles. The molecule has 14 heavy (non-hydrogen) atoms. The van der Waals surface area contributed by atoms with Gasteiger partial charge in [0, 0.05) is 5.69 Å². The maximum atomic E-state index is 10.6. The number of hydrogen-bond acceptors (Lipinski definition) is 2. The monoisotopic (exact) mass is 213 g/mol. The van der Waals surface area contributed by atoms with Crippen LogP contribution in [0, 0.1) is 0 Å². The minimum atomic E-state index is -0.922. The van der Waals surface area contributed by atoms with Crippen LogP contribution in [0.25, 0.3) is 0 Å². The van der Waals surface area contributed by atoms with Crippen LogP contribution in [-0.2, 0) is 0 Å². The Morgan fingerprint density at radius 1 is 1.43 bits per heavy atom. The topological polar surface area (TPSA) is 63.3 Å². The summed E-state index contributed by atoms with van der Waals surface area (Å²) in [6.07, 6.45) is 2.35. The molecular weight excluding hydrogens is 202 g/mol. The highest BCUT2D eigenvalue weighted by Crippen LogP contribution is 2.42.